The Hall–Kier alpha value is -0.800. The van der Waals surface area contributed by atoms with Crippen LogP contribution < -0.4 is 9.83 Å². The monoisotopic (exact) mass is 344 g/mol. The number of benzene rings is 2. The molecule has 2 aromatic carbocycles. The summed E-state index contributed by atoms with van der Waals surface area (Å²) in [6, 6.07) is 10.3. The minimum absolute atomic E-state index is 0.254. The normalized spacial score (nSPS) is 20.8. The lowest BCUT2D eigenvalue weighted by atomic mass is 10.0. The van der Waals surface area contributed by atoms with E-state index in [-0.39, 0.29) is 5.75 Å². The lowest BCUT2D eigenvalue weighted by molar-refractivity contribution is 0.392. The van der Waals surface area contributed by atoms with Crippen molar-refractivity contribution in [2.75, 3.05) is 0 Å². The summed E-state index contributed by atoms with van der Waals surface area (Å²) >= 11 is 9.40. The lowest BCUT2D eigenvalue weighted by Gasteiger charge is -2.25. The van der Waals surface area contributed by atoms with Gasteiger partial charge in [-0.2, -0.15) is 0 Å². The maximum absolute atomic E-state index is 12.1. The summed E-state index contributed by atoms with van der Waals surface area (Å²) in [5.41, 5.74) is 1.39. The van der Waals surface area contributed by atoms with Crippen molar-refractivity contribution in [3.8, 4) is 16.9 Å². The van der Waals surface area contributed by atoms with E-state index < -0.39 is 7.60 Å². The molecule has 0 saturated carbocycles. The van der Waals surface area contributed by atoms with Crippen LogP contribution in [0.25, 0.3) is 11.1 Å². The fourth-order valence-corrected chi connectivity index (χ4v) is 4.19. The molecule has 3 rings (SSSR count). The van der Waals surface area contributed by atoms with Gasteiger partial charge in [0, 0.05) is 15.6 Å². The molecular formula is C12H7BrClO3P. The van der Waals surface area contributed by atoms with Crippen LogP contribution in [0.15, 0.2) is 40.9 Å². The van der Waals surface area contributed by atoms with E-state index in [4.69, 9.17) is 16.1 Å². The average molecular weight is 346 g/mol. The first-order valence-corrected chi connectivity index (χ1v) is 7.85. The van der Waals surface area contributed by atoms with Gasteiger partial charge in [-0.1, -0.05) is 45.7 Å². The maximum atomic E-state index is 12.1. The number of fused-ring (bicyclic) bond motifs is 3. The van der Waals surface area contributed by atoms with E-state index >= 15 is 0 Å². The van der Waals surface area contributed by atoms with Crippen LogP contribution in [0, 0.1) is 0 Å². The predicted octanol–water partition coefficient (Wildman–Crippen LogP) is 3.97. The summed E-state index contributed by atoms with van der Waals surface area (Å²) in [6.07, 6.45) is 0. The zero-order valence-electron chi connectivity index (χ0n) is 8.93. The Morgan fingerprint density at radius 2 is 1.94 bits per heavy atom. The molecule has 1 N–H and O–H groups in total. The van der Waals surface area contributed by atoms with Crippen molar-refractivity contribution in [3.63, 3.8) is 0 Å². The third-order valence-electron chi connectivity index (χ3n) is 2.72. The molecule has 1 atom stereocenters. The SMILES string of the molecule is O=P1(O)Oc2c(Cl)cc(Br)cc2-c2ccccc21. The number of hydrogen-bond donors (Lipinski definition) is 1. The highest BCUT2D eigenvalue weighted by molar-refractivity contribution is 9.10. The van der Waals surface area contributed by atoms with Crippen LogP contribution in [0.5, 0.6) is 5.75 Å². The number of halogens is 2. The van der Waals surface area contributed by atoms with Crippen LogP contribution >= 0.6 is 35.1 Å². The zero-order valence-corrected chi connectivity index (χ0v) is 12.2. The molecule has 0 amide bonds. The quantitative estimate of drug-likeness (QED) is 0.735. The summed E-state index contributed by atoms with van der Waals surface area (Å²) in [4.78, 5) is 9.93. The molecule has 3 nitrogen and oxygen atoms in total. The Labute approximate surface area is 117 Å². The summed E-state index contributed by atoms with van der Waals surface area (Å²) in [5.74, 6) is 0.254. The second-order valence-electron chi connectivity index (χ2n) is 3.89. The molecule has 6 heteroatoms. The first-order chi connectivity index (χ1) is 8.49. The summed E-state index contributed by atoms with van der Waals surface area (Å²) in [6.45, 7) is 0. The van der Waals surface area contributed by atoms with Crippen molar-refractivity contribution in [2.45, 2.75) is 0 Å². The van der Waals surface area contributed by atoms with Gasteiger partial charge in [-0.15, -0.1) is 0 Å². The Balaban J connectivity index is 2.40. The average Bonchev–Trinajstić information content (AvgIpc) is 2.31. The minimum Gasteiger partial charge on any atom is -0.419 e. The molecule has 0 saturated heterocycles. The molecule has 0 radical (unpaired) electrons. The zero-order chi connectivity index (χ0) is 12.9. The van der Waals surface area contributed by atoms with Crippen molar-refractivity contribution >= 4 is 40.4 Å². The molecule has 1 heterocycles. The molecule has 0 aliphatic carbocycles. The van der Waals surface area contributed by atoms with Gasteiger partial charge in [-0.25, -0.2) is 4.57 Å². The van der Waals surface area contributed by atoms with Crippen molar-refractivity contribution in [3.05, 3.63) is 45.9 Å². The van der Waals surface area contributed by atoms with Crippen LogP contribution in [-0.4, -0.2) is 4.89 Å². The van der Waals surface area contributed by atoms with Gasteiger partial charge in [0.15, 0.2) is 5.75 Å². The van der Waals surface area contributed by atoms with Gasteiger partial charge in [0.25, 0.3) is 0 Å². The topological polar surface area (TPSA) is 46.5 Å². The van der Waals surface area contributed by atoms with Crippen LogP contribution in [0.4, 0.5) is 0 Å². The third-order valence-corrected chi connectivity index (χ3v) is 4.89. The van der Waals surface area contributed by atoms with Crippen LogP contribution in [0.1, 0.15) is 0 Å². The second kappa shape index (κ2) is 4.10. The Kier molecular flexibility index (Phi) is 2.79. The van der Waals surface area contributed by atoms with E-state index in [9.17, 15) is 9.46 Å². The highest BCUT2D eigenvalue weighted by atomic mass is 79.9. The van der Waals surface area contributed by atoms with Crippen molar-refractivity contribution in [1.82, 2.24) is 0 Å². The van der Waals surface area contributed by atoms with E-state index in [0.717, 1.165) is 4.47 Å². The minimum atomic E-state index is -3.85. The van der Waals surface area contributed by atoms with Crippen molar-refractivity contribution in [2.24, 2.45) is 0 Å². The lowest BCUT2D eigenvalue weighted by Crippen LogP contribution is -2.17. The highest BCUT2D eigenvalue weighted by Gasteiger charge is 2.35. The standard InChI is InChI=1S/C12H7BrClO3P/c13-7-5-9-8-3-1-2-4-11(8)18(15,16)17-12(9)10(14)6-7/h1-6H,(H,15,16). The molecule has 0 fully saturated rings. The van der Waals surface area contributed by atoms with Crippen molar-refractivity contribution in [1.29, 1.82) is 0 Å². The molecule has 18 heavy (non-hydrogen) atoms. The van der Waals surface area contributed by atoms with Gasteiger partial charge in [0.1, 0.15) is 0 Å². The fourth-order valence-electron chi connectivity index (χ4n) is 1.97. The number of hydrogen-bond acceptors (Lipinski definition) is 2. The van der Waals surface area contributed by atoms with Gasteiger partial charge in [0.2, 0.25) is 0 Å². The third kappa shape index (κ3) is 1.81. The van der Waals surface area contributed by atoms with Crippen LogP contribution in [0.2, 0.25) is 5.02 Å². The Morgan fingerprint density at radius 1 is 1.22 bits per heavy atom. The Morgan fingerprint density at radius 3 is 2.72 bits per heavy atom. The molecule has 1 aliphatic heterocycles. The Bertz CT molecular complexity index is 702. The fraction of sp³-hybridized carbons (Fsp3) is 0. The molecule has 2 aromatic rings. The van der Waals surface area contributed by atoms with E-state index in [1.807, 2.05) is 12.1 Å². The van der Waals surface area contributed by atoms with E-state index in [0.29, 0.717) is 21.5 Å². The smallest absolute Gasteiger partial charge is 0.408 e. The van der Waals surface area contributed by atoms with E-state index in [1.165, 1.54) is 0 Å². The number of rotatable bonds is 0. The molecule has 0 spiro atoms. The van der Waals surface area contributed by atoms with Gasteiger partial charge in [0.05, 0.1) is 10.3 Å². The van der Waals surface area contributed by atoms with Crippen molar-refractivity contribution < 1.29 is 14.0 Å². The van der Waals surface area contributed by atoms with Gasteiger partial charge in [-0.05, 0) is 18.2 Å². The molecule has 0 bridgehead atoms. The maximum Gasteiger partial charge on any atom is 0.408 e. The van der Waals surface area contributed by atoms with E-state index in [1.54, 1.807) is 24.3 Å². The predicted molar refractivity (Wildman–Crippen MR) is 74.7 cm³/mol. The first-order valence-electron chi connectivity index (χ1n) is 5.10. The molecule has 1 aliphatic rings. The van der Waals surface area contributed by atoms with E-state index in [2.05, 4.69) is 15.9 Å². The van der Waals surface area contributed by atoms with Crippen LogP contribution in [-0.2, 0) is 4.57 Å². The molecular weight excluding hydrogens is 338 g/mol. The highest BCUT2D eigenvalue weighted by Crippen LogP contribution is 2.54. The largest absolute Gasteiger partial charge is 0.419 e. The summed E-state index contributed by atoms with van der Waals surface area (Å²) < 4.78 is 18.1. The summed E-state index contributed by atoms with van der Waals surface area (Å²) in [5, 5.41) is 0.606. The molecule has 0 aromatic heterocycles. The van der Waals surface area contributed by atoms with Crippen LogP contribution in [0.3, 0.4) is 0 Å². The molecule has 1 unspecified atom stereocenters. The van der Waals surface area contributed by atoms with Gasteiger partial charge < -0.3 is 9.42 Å². The van der Waals surface area contributed by atoms with Gasteiger partial charge in [-0.3, -0.25) is 0 Å². The summed E-state index contributed by atoms with van der Waals surface area (Å²) in [7, 11) is -3.85. The second-order valence-corrected chi connectivity index (χ2v) is 6.92. The molecule has 92 valence electrons. The first kappa shape index (κ1) is 12.2. The van der Waals surface area contributed by atoms with Gasteiger partial charge >= 0.3 is 7.60 Å².